The van der Waals surface area contributed by atoms with Gasteiger partial charge in [-0.05, 0) is 11.6 Å². The minimum atomic E-state index is -0.573. The van der Waals surface area contributed by atoms with Crippen molar-refractivity contribution in [3.63, 3.8) is 0 Å². The summed E-state index contributed by atoms with van der Waals surface area (Å²) in [5.41, 5.74) is 1.18. The maximum atomic E-state index is 11.6. The van der Waals surface area contributed by atoms with E-state index in [9.17, 15) is 4.79 Å². The van der Waals surface area contributed by atoms with Crippen molar-refractivity contribution in [2.75, 3.05) is 14.2 Å². The van der Waals surface area contributed by atoms with Crippen LogP contribution in [0.2, 0.25) is 0 Å². The van der Waals surface area contributed by atoms with E-state index in [1.807, 2.05) is 6.07 Å². The fourth-order valence-electron chi connectivity index (χ4n) is 1.34. The van der Waals surface area contributed by atoms with E-state index in [4.69, 9.17) is 10.00 Å². The number of esters is 1. The van der Waals surface area contributed by atoms with Crippen LogP contribution in [0.5, 0.6) is 5.75 Å². The zero-order chi connectivity index (χ0) is 12.1. The van der Waals surface area contributed by atoms with E-state index in [-0.39, 0.29) is 11.1 Å². The van der Waals surface area contributed by atoms with E-state index in [2.05, 4.69) is 20.7 Å². The van der Waals surface area contributed by atoms with Crippen LogP contribution in [0, 0.1) is 11.3 Å². The first-order valence-corrected chi connectivity index (χ1v) is 5.56. The Kier molecular flexibility index (Phi) is 4.32. The minimum absolute atomic E-state index is 0.171. The van der Waals surface area contributed by atoms with E-state index >= 15 is 0 Å². The second-order valence-electron chi connectivity index (χ2n) is 2.91. The lowest BCUT2D eigenvalue weighted by atomic mass is 10.0. The Balaban J connectivity index is 3.50. The molecule has 0 aliphatic heterocycles. The van der Waals surface area contributed by atoms with Gasteiger partial charge >= 0.3 is 5.97 Å². The number of carbonyl (C=O) groups excluding carboxylic acids is 1. The fourth-order valence-corrected chi connectivity index (χ4v) is 1.81. The number of hydrogen-bond acceptors (Lipinski definition) is 4. The van der Waals surface area contributed by atoms with Crippen LogP contribution >= 0.6 is 15.9 Å². The Morgan fingerprint density at radius 3 is 2.62 bits per heavy atom. The Morgan fingerprint density at radius 2 is 2.19 bits per heavy atom. The molecule has 0 saturated carbocycles. The van der Waals surface area contributed by atoms with Gasteiger partial charge in [-0.2, -0.15) is 5.26 Å². The molecule has 1 aromatic carbocycles. The lowest BCUT2D eigenvalue weighted by molar-refractivity contribution is 0.0596. The number of benzene rings is 1. The Labute approximate surface area is 102 Å². The highest BCUT2D eigenvalue weighted by Gasteiger charge is 2.20. The quantitative estimate of drug-likeness (QED) is 0.631. The SMILES string of the molecule is COC(=O)c1c(OC)ccc(CBr)c1C#N. The van der Waals surface area contributed by atoms with Crippen LogP contribution in [0.25, 0.3) is 0 Å². The zero-order valence-corrected chi connectivity index (χ0v) is 10.5. The second kappa shape index (κ2) is 5.52. The molecule has 0 aromatic heterocycles. The van der Waals surface area contributed by atoms with Crippen LogP contribution in [0.3, 0.4) is 0 Å². The van der Waals surface area contributed by atoms with Crippen molar-refractivity contribution in [2.24, 2.45) is 0 Å². The van der Waals surface area contributed by atoms with Gasteiger partial charge in [-0.1, -0.05) is 22.0 Å². The molecule has 0 saturated heterocycles. The molecule has 0 aliphatic rings. The van der Waals surface area contributed by atoms with Crippen LogP contribution in [0.1, 0.15) is 21.5 Å². The van der Waals surface area contributed by atoms with E-state index < -0.39 is 5.97 Å². The zero-order valence-electron chi connectivity index (χ0n) is 8.91. The molecule has 0 fully saturated rings. The van der Waals surface area contributed by atoms with Gasteiger partial charge in [0.15, 0.2) is 0 Å². The number of nitriles is 1. The third-order valence-electron chi connectivity index (χ3n) is 2.12. The molecule has 0 unspecified atom stereocenters. The van der Waals surface area contributed by atoms with Crippen LogP contribution in [-0.4, -0.2) is 20.2 Å². The van der Waals surface area contributed by atoms with Crippen molar-refractivity contribution in [3.05, 3.63) is 28.8 Å². The second-order valence-corrected chi connectivity index (χ2v) is 3.47. The van der Waals surface area contributed by atoms with Gasteiger partial charge in [-0.15, -0.1) is 0 Å². The first kappa shape index (κ1) is 12.5. The number of methoxy groups -OCH3 is 2. The Morgan fingerprint density at radius 1 is 1.50 bits per heavy atom. The molecular formula is C11H10BrNO3. The largest absolute Gasteiger partial charge is 0.496 e. The van der Waals surface area contributed by atoms with Crippen molar-refractivity contribution >= 4 is 21.9 Å². The Hall–Kier alpha value is -1.54. The summed E-state index contributed by atoms with van der Waals surface area (Å²) in [6.45, 7) is 0. The van der Waals surface area contributed by atoms with Crippen LogP contribution in [-0.2, 0) is 10.1 Å². The number of carbonyl (C=O) groups is 1. The highest BCUT2D eigenvalue weighted by molar-refractivity contribution is 9.08. The number of nitrogens with zero attached hydrogens (tertiary/aromatic N) is 1. The average molecular weight is 284 g/mol. The summed E-state index contributed by atoms with van der Waals surface area (Å²) >= 11 is 3.26. The predicted molar refractivity (Wildman–Crippen MR) is 61.7 cm³/mol. The first-order chi connectivity index (χ1) is 7.69. The van der Waals surface area contributed by atoms with Gasteiger partial charge in [-0.25, -0.2) is 4.79 Å². The van der Waals surface area contributed by atoms with Gasteiger partial charge in [0.1, 0.15) is 17.4 Å². The molecule has 1 aromatic rings. The molecule has 4 nitrogen and oxygen atoms in total. The normalized spacial score (nSPS) is 9.38. The van der Waals surface area contributed by atoms with E-state index in [0.717, 1.165) is 5.56 Å². The number of hydrogen-bond donors (Lipinski definition) is 0. The third-order valence-corrected chi connectivity index (χ3v) is 2.72. The fraction of sp³-hybridized carbons (Fsp3) is 0.273. The van der Waals surface area contributed by atoms with E-state index in [1.54, 1.807) is 12.1 Å². The molecule has 1 rings (SSSR count). The van der Waals surface area contributed by atoms with Gasteiger partial charge < -0.3 is 9.47 Å². The average Bonchev–Trinajstić information content (AvgIpc) is 2.35. The number of ether oxygens (including phenoxy) is 2. The summed E-state index contributed by atoms with van der Waals surface area (Å²) in [7, 11) is 2.71. The number of rotatable bonds is 3. The summed E-state index contributed by atoms with van der Waals surface area (Å²) in [6.07, 6.45) is 0. The molecule has 0 spiro atoms. The van der Waals surface area contributed by atoms with Crippen molar-refractivity contribution in [3.8, 4) is 11.8 Å². The topological polar surface area (TPSA) is 59.3 Å². The smallest absolute Gasteiger partial charge is 0.343 e. The van der Waals surface area contributed by atoms with Crippen molar-refractivity contribution in [1.82, 2.24) is 0 Å². The lowest BCUT2D eigenvalue weighted by Crippen LogP contribution is -2.08. The van der Waals surface area contributed by atoms with Crippen LogP contribution in [0.4, 0.5) is 0 Å². The summed E-state index contributed by atoms with van der Waals surface area (Å²) in [5, 5.41) is 9.55. The molecular weight excluding hydrogens is 274 g/mol. The highest BCUT2D eigenvalue weighted by atomic mass is 79.9. The maximum Gasteiger partial charge on any atom is 0.343 e. The predicted octanol–water partition coefficient (Wildman–Crippen LogP) is 2.25. The van der Waals surface area contributed by atoms with Gasteiger partial charge in [0.25, 0.3) is 0 Å². The first-order valence-electron chi connectivity index (χ1n) is 4.43. The molecule has 0 amide bonds. The lowest BCUT2D eigenvalue weighted by Gasteiger charge is -2.10. The van der Waals surface area contributed by atoms with Crippen LogP contribution in [0.15, 0.2) is 12.1 Å². The summed E-state index contributed by atoms with van der Waals surface area (Å²) in [4.78, 5) is 11.6. The third kappa shape index (κ3) is 2.17. The molecule has 0 bridgehead atoms. The number of halogens is 1. The highest BCUT2D eigenvalue weighted by Crippen LogP contribution is 2.27. The number of alkyl halides is 1. The summed E-state index contributed by atoms with van der Waals surface area (Å²) in [6, 6.07) is 5.37. The van der Waals surface area contributed by atoms with Gasteiger partial charge in [0, 0.05) is 5.33 Å². The van der Waals surface area contributed by atoms with Gasteiger partial charge in [0.05, 0.1) is 19.8 Å². The molecule has 0 radical (unpaired) electrons. The molecule has 0 N–H and O–H groups in total. The van der Waals surface area contributed by atoms with Gasteiger partial charge in [-0.3, -0.25) is 0 Å². The van der Waals surface area contributed by atoms with Gasteiger partial charge in [0.2, 0.25) is 0 Å². The molecule has 0 atom stereocenters. The van der Waals surface area contributed by atoms with Crippen molar-refractivity contribution in [2.45, 2.75) is 5.33 Å². The van der Waals surface area contributed by atoms with Crippen LogP contribution < -0.4 is 4.74 Å². The molecule has 84 valence electrons. The molecule has 0 aliphatic carbocycles. The standard InChI is InChI=1S/C11H10BrNO3/c1-15-9-4-3-7(5-12)8(6-13)10(9)11(14)16-2/h3-4H,5H2,1-2H3. The monoisotopic (exact) mass is 283 g/mol. The molecule has 5 heteroatoms. The van der Waals surface area contributed by atoms with E-state index in [1.165, 1.54) is 14.2 Å². The minimum Gasteiger partial charge on any atom is -0.496 e. The Bertz CT molecular complexity index is 451. The van der Waals surface area contributed by atoms with Crippen molar-refractivity contribution in [1.29, 1.82) is 5.26 Å². The van der Waals surface area contributed by atoms with Crippen molar-refractivity contribution < 1.29 is 14.3 Å². The summed E-state index contributed by atoms with van der Waals surface area (Å²) in [5.74, 6) is -0.232. The van der Waals surface area contributed by atoms with E-state index in [0.29, 0.717) is 11.1 Å². The molecule has 0 heterocycles. The maximum absolute atomic E-state index is 11.6. The molecule has 16 heavy (non-hydrogen) atoms. The summed E-state index contributed by atoms with van der Waals surface area (Å²) < 4.78 is 9.68.